The van der Waals surface area contributed by atoms with Crippen molar-refractivity contribution in [1.29, 1.82) is 0 Å². The minimum absolute atomic E-state index is 0.0412. The van der Waals surface area contributed by atoms with Gasteiger partial charge in [-0.3, -0.25) is 14.4 Å². The zero-order valence-corrected chi connectivity index (χ0v) is 25.7. The fourth-order valence-electron chi connectivity index (χ4n) is 4.35. The van der Waals surface area contributed by atoms with Crippen molar-refractivity contribution in [3.05, 3.63) is 35.9 Å². The minimum Gasteiger partial charge on any atom is -0.445 e. The van der Waals surface area contributed by atoms with E-state index in [1.807, 2.05) is 13.0 Å². The second-order valence-corrected chi connectivity index (χ2v) is 11.7. The minimum atomic E-state index is -1.38. The molecule has 1 fully saturated rings. The van der Waals surface area contributed by atoms with Crippen molar-refractivity contribution >= 4 is 41.5 Å². The molecule has 0 aromatic heterocycles. The third-order valence-electron chi connectivity index (χ3n) is 6.48. The predicted molar refractivity (Wildman–Crippen MR) is 158 cm³/mol. The molecule has 0 spiro atoms. The van der Waals surface area contributed by atoms with E-state index in [9.17, 15) is 24.0 Å². The number of alkyl carbamates (subject to hydrolysis) is 2. The summed E-state index contributed by atoms with van der Waals surface area (Å²) in [5, 5.41) is 13.4. The number of hydrogen-bond acceptors (Lipinski definition) is 7. The summed E-state index contributed by atoms with van der Waals surface area (Å²) in [7, 11) is 0. The average molecular weight is 610 g/mol. The van der Waals surface area contributed by atoms with E-state index in [2.05, 4.69) is 26.6 Å². The van der Waals surface area contributed by atoms with Crippen LogP contribution in [0.4, 0.5) is 9.59 Å². The van der Waals surface area contributed by atoms with Gasteiger partial charge in [0, 0.05) is 29.9 Å². The maximum absolute atomic E-state index is 13.5. The summed E-state index contributed by atoms with van der Waals surface area (Å²) in [4.78, 5) is 63.8. The Morgan fingerprint density at radius 2 is 1.74 bits per heavy atom. The summed E-state index contributed by atoms with van der Waals surface area (Å²) in [5.74, 6) is -1.45. The topological polar surface area (TPSA) is 164 Å². The van der Waals surface area contributed by atoms with Crippen molar-refractivity contribution in [2.75, 3.05) is 12.4 Å². The summed E-state index contributed by atoms with van der Waals surface area (Å²) in [6.07, 6.45) is -0.924. The van der Waals surface area contributed by atoms with Crippen LogP contribution in [0, 0.1) is 5.92 Å². The second-order valence-electron chi connectivity index (χ2n) is 11.4. The number of ether oxygens (including phenoxy) is 2. The lowest BCUT2D eigenvalue weighted by Gasteiger charge is -2.28. The van der Waals surface area contributed by atoms with E-state index < -0.39 is 53.8 Å². The normalized spacial score (nSPS) is 17.6. The molecule has 1 saturated heterocycles. The Bertz CT molecular complexity index is 1070. The van der Waals surface area contributed by atoms with Crippen molar-refractivity contribution in [2.45, 2.75) is 96.7 Å². The van der Waals surface area contributed by atoms with Crippen LogP contribution >= 0.6 is 11.6 Å². The lowest BCUT2D eigenvalue weighted by atomic mass is 9.99. The van der Waals surface area contributed by atoms with Crippen LogP contribution in [0.5, 0.6) is 0 Å². The summed E-state index contributed by atoms with van der Waals surface area (Å²) >= 11 is 6.09. The smallest absolute Gasteiger partial charge is 0.408 e. The number of carbonyl (C=O) groups is 5. The molecule has 1 aromatic rings. The summed E-state index contributed by atoms with van der Waals surface area (Å²) in [6.45, 7) is 9.15. The van der Waals surface area contributed by atoms with Gasteiger partial charge >= 0.3 is 12.2 Å². The van der Waals surface area contributed by atoms with E-state index in [1.54, 1.807) is 45.0 Å². The van der Waals surface area contributed by atoms with E-state index in [0.29, 0.717) is 32.2 Å². The van der Waals surface area contributed by atoms with Crippen LogP contribution in [0.3, 0.4) is 0 Å². The number of alkyl halides is 1. The first-order chi connectivity index (χ1) is 19.8. The molecule has 0 saturated carbocycles. The molecular weight excluding hydrogens is 566 g/mol. The fourth-order valence-corrected chi connectivity index (χ4v) is 4.56. The van der Waals surface area contributed by atoms with Gasteiger partial charge in [-0.15, -0.1) is 11.6 Å². The van der Waals surface area contributed by atoms with Gasteiger partial charge in [0.25, 0.3) is 0 Å². The summed E-state index contributed by atoms with van der Waals surface area (Å²) < 4.78 is 10.7. The largest absolute Gasteiger partial charge is 0.445 e. The van der Waals surface area contributed by atoms with E-state index in [1.165, 1.54) is 6.92 Å². The Labute approximate surface area is 252 Å². The van der Waals surface area contributed by atoms with Crippen molar-refractivity contribution < 1.29 is 33.4 Å². The maximum Gasteiger partial charge on any atom is 0.408 e. The number of amides is 5. The van der Waals surface area contributed by atoms with E-state index in [4.69, 9.17) is 21.1 Å². The van der Waals surface area contributed by atoms with E-state index in [0.717, 1.165) is 5.56 Å². The second kappa shape index (κ2) is 16.8. The van der Waals surface area contributed by atoms with Crippen LogP contribution < -0.4 is 26.6 Å². The molecular formula is C29H44ClN5O7. The number of benzene rings is 1. The first kappa shape index (κ1) is 34.7. The van der Waals surface area contributed by atoms with Crippen LogP contribution in [0.15, 0.2) is 30.3 Å². The van der Waals surface area contributed by atoms with Crippen molar-refractivity contribution in [1.82, 2.24) is 26.6 Å². The standard InChI is InChI=1S/C29H44ClN5O7/c1-6-10-22(25(37)32-21(16-30)15-20-13-14-31-24(20)36)33-26(38)23(18(2)42-28(40)35-29(3,4)5)34-27(39)41-17-19-11-8-7-9-12-19/h7-9,11-12,18,20-23H,6,10,13-17H2,1-5H3,(H,31,36)(H,32,37)(H,33,38)(H,34,39)(H,35,40)/t18?,20-,21-,22-,23-/m0/s1. The fraction of sp³-hybridized carbons (Fsp3) is 0.621. The van der Waals surface area contributed by atoms with Gasteiger partial charge < -0.3 is 36.1 Å². The molecule has 5 atom stereocenters. The highest BCUT2D eigenvalue weighted by Crippen LogP contribution is 2.17. The Morgan fingerprint density at radius 3 is 2.31 bits per heavy atom. The van der Waals surface area contributed by atoms with E-state index >= 15 is 0 Å². The molecule has 1 unspecified atom stereocenters. The lowest BCUT2D eigenvalue weighted by Crippen LogP contribution is -2.59. The molecule has 42 heavy (non-hydrogen) atoms. The molecule has 1 aromatic carbocycles. The van der Waals surface area contributed by atoms with Crippen LogP contribution in [0.1, 0.15) is 65.9 Å². The number of rotatable bonds is 14. The highest BCUT2D eigenvalue weighted by Gasteiger charge is 2.34. The molecule has 0 bridgehead atoms. The first-order valence-corrected chi connectivity index (χ1v) is 14.8. The Kier molecular flexibility index (Phi) is 13.9. The molecule has 1 aliphatic heterocycles. The molecule has 2 rings (SSSR count). The average Bonchev–Trinajstić information content (AvgIpc) is 3.32. The molecule has 0 radical (unpaired) electrons. The molecule has 5 amide bonds. The predicted octanol–water partition coefficient (Wildman–Crippen LogP) is 2.73. The highest BCUT2D eigenvalue weighted by atomic mass is 35.5. The number of carbonyl (C=O) groups excluding carboxylic acids is 5. The van der Waals surface area contributed by atoms with Gasteiger partial charge in [0.05, 0.1) is 0 Å². The van der Waals surface area contributed by atoms with Gasteiger partial charge in [0.1, 0.15) is 24.8 Å². The number of halogens is 1. The van der Waals surface area contributed by atoms with Crippen molar-refractivity contribution in [2.24, 2.45) is 5.92 Å². The molecule has 234 valence electrons. The Morgan fingerprint density at radius 1 is 1.05 bits per heavy atom. The SMILES string of the molecule is CCC[C@H](NC(=O)[C@@H](NC(=O)OCc1ccccc1)C(C)OC(=O)NC(C)(C)C)C(=O)N[C@H](CCl)C[C@@H]1CCNC1=O. The van der Waals surface area contributed by atoms with Gasteiger partial charge in [-0.1, -0.05) is 43.7 Å². The lowest BCUT2D eigenvalue weighted by molar-refractivity contribution is -0.132. The zero-order chi connectivity index (χ0) is 31.3. The van der Waals surface area contributed by atoms with Gasteiger partial charge in [-0.2, -0.15) is 0 Å². The van der Waals surface area contributed by atoms with Gasteiger partial charge in [0.2, 0.25) is 17.7 Å². The Balaban J connectivity index is 2.13. The van der Waals surface area contributed by atoms with Gasteiger partial charge in [-0.05, 0) is 52.5 Å². The highest BCUT2D eigenvalue weighted by molar-refractivity contribution is 6.18. The van der Waals surface area contributed by atoms with Crippen molar-refractivity contribution in [3.8, 4) is 0 Å². The zero-order valence-electron chi connectivity index (χ0n) is 25.0. The summed E-state index contributed by atoms with van der Waals surface area (Å²) in [5.41, 5.74) is 0.144. The van der Waals surface area contributed by atoms with Crippen molar-refractivity contribution in [3.63, 3.8) is 0 Å². The number of hydrogen-bond donors (Lipinski definition) is 5. The van der Waals surface area contributed by atoms with Gasteiger partial charge in [-0.25, -0.2) is 9.59 Å². The monoisotopic (exact) mass is 609 g/mol. The molecule has 0 aliphatic carbocycles. The molecule has 1 aliphatic rings. The third-order valence-corrected chi connectivity index (χ3v) is 6.86. The molecule has 5 N–H and O–H groups in total. The van der Waals surface area contributed by atoms with Crippen LogP contribution in [-0.4, -0.2) is 72.1 Å². The summed E-state index contributed by atoms with van der Waals surface area (Å²) in [6, 6.07) is 6.16. The van der Waals surface area contributed by atoms with Crippen LogP contribution in [-0.2, 0) is 30.5 Å². The molecule has 1 heterocycles. The quantitative estimate of drug-likeness (QED) is 0.202. The first-order valence-electron chi connectivity index (χ1n) is 14.2. The maximum atomic E-state index is 13.5. The molecule has 12 nitrogen and oxygen atoms in total. The molecule has 13 heteroatoms. The van der Waals surface area contributed by atoms with Gasteiger partial charge in [0.15, 0.2) is 0 Å². The number of nitrogens with one attached hydrogen (secondary N) is 5. The Hall–Kier alpha value is -3.54. The van der Waals surface area contributed by atoms with Crippen LogP contribution in [0.2, 0.25) is 0 Å². The van der Waals surface area contributed by atoms with Crippen LogP contribution in [0.25, 0.3) is 0 Å². The van der Waals surface area contributed by atoms with E-state index in [-0.39, 0.29) is 24.3 Å². The third kappa shape index (κ3) is 12.1.